The Morgan fingerprint density at radius 2 is 2.00 bits per heavy atom. The van der Waals surface area contributed by atoms with Crippen LogP contribution in [0.2, 0.25) is 15.1 Å². The number of hydrogen-bond donors (Lipinski definition) is 2. The minimum atomic E-state index is -0.745. The summed E-state index contributed by atoms with van der Waals surface area (Å²) in [6.45, 7) is 0. The van der Waals surface area contributed by atoms with E-state index in [4.69, 9.17) is 40.6 Å². The van der Waals surface area contributed by atoms with Gasteiger partial charge in [-0.3, -0.25) is 10.8 Å². The lowest BCUT2D eigenvalue weighted by Gasteiger charge is -2.18. The molecule has 20 heavy (non-hydrogen) atoms. The van der Waals surface area contributed by atoms with Crippen LogP contribution >= 0.6 is 50.7 Å². The number of nitrogens with zero attached hydrogens (tertiary/aromatic N) is 1. The molecular formula is C12H8BrCl3FN3. The Balaban J connectivity index is 2.55. The largest absolute Gasteiger partial charge is 0.271 e. The van der Waals surface area contributed by atoms with Crippen LogP contribution in [0.5, 0.6) is 0 Å². The van der Waals surface area contributed by atoms with Crippen molar-refractivity contribution in [3.8, 4) is 0 Å². The van der Waals surface area contributed by atoms with Crippen molar-refractivity contribution in [2.45, 2.75) is 6.04 Å². The van der Waals surface area contributed by atoms with Crippen LogP contribution in [0.1, 0.15) is 17.3 Å². The quantitative estimate of drug-likeness (QED) is 0.454. The number of benzene rings is 1. The van der Waals surface area contributed by atoms with Gasteiger partial charge >= 0.3 is 0 Å². The number of aromatic nitrogens is 1. The number of hydrazine groups is 1. The van der Waals surface area contributed by atoms with Crippen LogP contribution in [0, 0.1) is 5.82 Å². The Morgan fingerprint density at radius 3 is 2.60 bits per heavy atom. The van der Waals surface area contributed by atoms with Gasteiger partial charge in [0.05, 0.1) is 26.8 Å². The third-order valence-electron chi connectivity index (χ3n) is 2.65. The summed E-state index contributed by atoms with van der Waals surface area (Å²) in [4.78, 5) is 4.09. The van der Waals surface area contributed by atoms with Crippen LogP contribution in [0.4, 0.5) is 4.39 Å². The molecule has 1 unspecified atom stereocenters. The van der Waals surface area contributed by atoms with Crippen LogP contribution in [-0.2, 0) is 0 Å². The molecule has 3 N–H and O–H groups in total. The van der Waals surface area contributed by atoms with Crippen LogP contribution in [0.3, 0.4) is 0 Å². The summed E-state index contributed by atoms with van der Waals surface area (Å²) in [5.74, 6) is 4.90. The number of hydrogen-bond acceptors (Lipinski definition) is 3. The molecule has 0 saturated carbocycles. The van der Waals surface area contributed by atoms with Gasteiger partial charge in [-0.2, -0.15) is 0 Å². The van der Waals surface area contributed by atoms with Gasteiger partial charge in [-0.05, 0) is 28.1 Å². The standard InChI is InChI=1S/C12H8BrCl3FN3/c13-7-2-1-6(10(17)9(7)16)11(20-18)12-8(15)3-5(14)4-19-12/h1-4,11,20H,18H2. The van der Waals surface area contributed by atoms with Crippen molar-refractivity contribution < 1.29 is 4.39 Å². The van der Waals surface area contributed by atoms with Crippen LogP contribution in [-0.4, -0.2) is 4.98 Å². The molecule has 1 aromatic heterocycles. The predicted molar refractivity (Wildman–Crippen MR) is 82.5 cm³/mol. The summed E-state index contributed by atoms with van der Waals surface area (Å²) in [5.41, 5.74) is 3.07. The van der Waals surface area contributed by atoms with E-state index in [1.54, 1.807) is 12.1 Å². The molecule has 3 nitrogen and oxygen atoms in total. The first-order valence-corrected chi connectivity index (χ1v) is 7.29. The van der Waals surface area contributed by atoms with Gasteiger partial charge in [0.15, 0.2) is 0 Å². The van der Waals surface area contributed by atoms with Gasteiger partial charge in [-0.1, -0.05) is 40.9 Å². The van der Waals surface area contributed by atoms with Crippen molar-refractivity contribution in [1.29, 1.82) is 0 Å². The minimum Gasteiger partial charge on any atom is -0.271 e. The zero-order valence-electron chi connectivity index (χ0n) is 9.80. The van der Waals surface area contributed by atoms with E-state index in [1.165, 1.54) is 12.3 Å². The van der Waals surface area contributed by atoms with Crippen LogP contribution in [0.15, 0.2) is 28.9 Å². The summed E-state index contributed by atoms with van der Waals surface area (Å²) in [6.07, 6.45) is 1.41. The van der Waals surface area contributed by atoms with E-state index in [2.05, 4.69) is 26.3 Å². The van der Waals surface area contributed by atoms with Crippen molar-refractivity contribution in [1.82, 2.24) is 10.4 Å². The first-order valence-electron chi connectivity index (χ1n) is 5.36. The second-order valence-corrected chi connectivity index (χ2v) is 5.96. The molecule has 8 heteroatoms. The summed E-state index contributed by atoms with van der Waals surface area (Å²) in [7, 11) is 0. The average Bonchev–Trinajstić information content (AvgIpc) is 2.41. The molecule has 106 valence electrons. The Bertz CT molecular complexity index is 654. The van der Waals surface area contributed by atoms with Gasteiger partial charge in [-0.25, -0.2) is 9.82 Å². The molecule has 1 aromatic carbocycles. The Hall–Kier alpha value is -0.430. The van der Waals surface area contributed by atoms with Crippen molar-refractivity contribution in [2.24, 2.45) is 5.84 Å². The van der Waals surface area contributed by atoms with Gasteiger partial charge in [-0.15, -0.1) is 0 Å². The number of nitrogens with one attached hydrogen (secondary N) is 1. The van der Waals surface area contributed by atoms with Gasteiger partial charge in [0.1, 0.15) is 5.82 Å². The topological polar surface area (TPSA) is 50.9 Å². The average molecular weight is 399 g/mol. The highest BCUT2D eigenvalue weighted by molar-refractivity contribution is 9.10. The molecule has 0 fully saturated rings. The summed E-state index contributed by atoms with van der Waals surface area (Å²) in [6, 6.07) is 3.93. The number of nitrogens with two attached hydrogens (primary N) is 1. The maximum absolute atomic E-state index is 14.2. The number of rotatable bonds is 3. The van der Waals surface area contributed by atoms with Crippen molar-refractivity contribution >= 4 is 50.7 Å². The molecule has 2 rings (SSSR count). The maximum Gasteiger partial charge on any atom is 0.148 e. The molecule has 1 heterocycles. The highest BCUT2D eigenvalue weighted by Gasteiger charge is 2.23. The van der Waals surface area contributed by atoms with E-state index >= 15 is 0 Å². The molecule has 0 aliphatic heterocycles. The maximum atomic E-state index is 14.2. The molecule has 0 radical (unpaired) electrons. The lowest BCUT2D eigenvalue weighted by atomic mass is 10.0. The highest BCUT2D eigenvalue weighted by atomic mass is 79.9. The van der Waals surface area contributed by atoms with Crippen LogP contribution < -0.4 is 11.3 Å². The summed E-state index contributed by atoms with van der Waals surface area (Å²) >= 11 is 20.9. The van der Waals surface area contributed by atoms with E-state index in [0.717, 1.165) is 0 Å². The molecule has 0 aliphatic rings. The number of halogens is 5. The van der Waals surface area contributed by atoms with E-state index in [9.17, 15) is 4.39 Å². The summed E-state index contributed by atoms with van der Waals surface area (Å²) in [5, 5.41) is 0.621. The third kappa shape index (κ3) is 3.08. The lowest BCUT2D eigenvalue weighted by Crippen LogP contribution is -2.30. The molecule has 0 aliphatic carbocycles. The summed E-state index contributed by atoms with van der Waals surface area (Å²) < 4.78 is 14.7. The molecule has 1 atom stereocenters. The van der Waals surface area contributed by atoms with E-state index < -0.39 is 11.9 Å². The van der Waals surface area contributed by atoms with Gasteiger partial charge in [0.25, 0.3) is 0 Å². The second kappa shape index (κ2) is 6.56. The highest BCUT2D eigenvalue weighted by Crippen LogP contribution is 2.34. The second-order valence-electron chi connectivity index (χ2n) is 3.88. The molecule has 0 amide bonds. The smallest absolute Gasteiger partial charge is 0.148 e. The zero-order valence-corrected chi connectivity index (χ0v) is 13.7. The first kappa shape index (κ1) is 15.9. The fourth-order valence-corrected chi connectivity index (χ4v) is 2.68. The Kier molecular flexibility index (Phi) is 5.23. The molecule has 0 bridgehead atoms. The fraction of sp³-hybridized carbons (Fsp3) is 0.0833. The van der Waals surface area contributed by atoms with Crippen LogP contribution in [0.25, 0.3) is 0 Å². The first-order chi connectivity index (χ1) is 9.45. The van der Waals surface area contributed by atoms with Gasteiger partial charge < -0.3 is 0 Å². The third-order valence-corrected chi connectivity index (χ3v) is 4.42. The molecule has 0 saturated heterocycles. The monoisotopic (exact) mass is 397 g/mol. The molecular weight excluding hydrogens is 391 g/mol. The van der Waals surface area contributed by atoms with Crippen molar-refractivity contribution in [3.05, 3.63) is 61.0 Å². The Labute approximate surface area is 138 Å². The normalized spacial score (nSPS) is 12.5. The van der Waals surface area contributed by atoms with E-state index in [0.29, 0.717) is 15.2 Å². The van der Waals surface area contributed by atoms with Crippen molar-refractivity contribution in [3.63, 3.8) is 0 Å². The lowest BCUT2D eigenvalue weighted by molar-refractivity contribution is 0.553. The minimum absolute atomic E-state index is 0.0344. The van der Waals surface area contributed by atoms with E-state index in [-0.39, 0.29) is 15.6 Å². The van der Waals surface area contributed by atoms with Crippen molar-refractivity contribution in [2.75, 3.05) is 0 Å². The van der Waals surface area contributed by atoms with Gasteiger partial charge in [0, 0.05) is 16.2 Å². The molecule has 0 spiro atoms. The SMILES string of the molecule is NNC(c1ccc(Br)c(Cl)c1F)c1ncc(Cl)cc1Cl. The molecule has 2 aromatic rings. The van der Waals surface area contributed by atoms with Gasteiger partial charge in [0.2, 0.25) is 0 Å². The zero-order chi connectivity index (χ0) is 14.9. The predicted octanol–water partition coefficient (Wildman–Crippen LogP) is 4.50. The Morgan fingerprint density at radius 1 is 1.30 bits per heavy atom. The fourth-order valence-electron chi connectivity index (χ4n) is 1.72. The van der Waals surface area contributed by atoms with E-state index in [1.807, 2.05) is 0 Å². The number of pyridine rings is 1.